The molecule has 12 heteroatoms. The molecular weight excluding hydrogens is 459 g/mol. The third-order valence-electron chi connectivity index (χ3n) is 4.13. The van der Waals surface area contributed by atoms with Crippen molar-refractivity contribution in [2.24, 2.45) is 12.5 Å². The number of alkyl halides is 3. The number of rotatable bonds is 5. The summed E-state index contributed by atoms with van der Waals surface area (Å²) in [6.45, 7) is 1.56. The first-order valence-electron chi connectivity index (χ1n) is 7.97. The fraction of sp³-hybridized carbons (Fsp3) is 0.353. The number of benzene rings is 1. The number of nitrogens with one attached hydrogen (secondary N) is 1. The van der Waals surface area contributed by atoms with Crippen LogP contribution in [0.3, 0.4) is 0 Å². The monoisotopic (exact) mass is 474 g/mol. The summed E-state index contributed by atoms with van der Waals surface area (Å²) in [5, 5.41) is 1.70. The smallest absolute Gasteiger partial charge is 0.345 e. The summed E-state index contributed by atoms with van der Waals surface area (Å²) < 4.78 is 78.6. The second-order valence-electron chi connectivity index (χ2n) is 7.02. The molecule has 2 aromatic rings. The van der Waals surface area contributed by atoms with Crippen LogP contribution in [-0.4, -0.2) is 30.8 Å². The number of halogens is 6. The van der Waals surface area contributed by atoms with Gasteiger partial charge in [-0.2, -0.15) is 13.2 Å². The lowest BCUT2D eigenvalue weighted by Gasteiger charge is -2.26. The Morgan fingerprint density at radius 3 is 2.14 bits per heavy atom. The summed E-state index contributed by atoms with van der Waals surface area (Å²) in [4.78, 5) is 12.0. The van der Waals surface area contributed by atoms with Gasteiger partial charge in [-0.15, -0.1) is 0 Å². The summed E-state index contributed by atoms with van der Waals surface area (Å²) in [7, 11) is -2.99. The van der Waals surface area contributed by atoms with E-state index in [0.29, 0.717) is 0 Å². The Hall–Kier alpha value is -1.78. The average Bonchev–Trinajstić information content (AvgIpc) is 2.93. The molecule has 0 bridgehead atoms. The molecule has 0 aliphatic carbocycles. The summed E-state index contributed by atoms with van der Waals surface area (Å²) in [5.41, 5.74) is -2.58. The molecule has 1 N–H and O–H groups in total. The van der Waals surface area contributed by atoms with Gasteiger partial charge in [-0.25, -0.2) is 12.8 Å². The van der Waals surface area contributed by atoms with Gasteiger partial charge in [0, 0.05) is 18.9 Å². The van der Waals surface area contributed by atoms with Crippen molar-refractivity contribution in [3.8, 4) is 0 Å². The molecule has 5 nitrogen and oxygen atoms in total. The SMILES string of the molecule is Cn1cc(S(=O)(=O)CC(C)(C)C(F)(F)F)cc1C(=O)Nc1cc(Cl)c(F)c(Cl)c1. The van der Waals surface area contributed by atoms with Crippen molar-refractivity contribution < 1.29 is 30.8 Å². The number of carbonyl (C=O) groups is 1. The number of aryl methyl sites for hydroxylation is 1. The number of hydrogen-bond donors (Lipinski definition) is 1. The number of sulfone groups is 1. The quantitative estimate of drug-likeness (QED) is 0.484. The summed E-state index contributed by atoms with van der Waals surface area (Å²) >= 11 is 11.3. The number of nitrogens with zero attached hydrogens (tertiary/aromatic N) is 1. The van der Waals surface area contributed by atoms with E-state index in [1.165, 1.54) is 7.05 Å². The third-order valence-corrected chi connectivity index (χ3v) is 6.72. The highest BCUT2D eigenvalue weighted by molar-refractivity contribution is 7.91. The van der Waals surface area contributed by atoms with Crippen molar-refractivity contribution in [3.63, 3.8) is 0 Å². The molecule has 29 heavy (non-hydrogen) atoms. The Bertz CT molecular complexity index is 1040. The van der Waals surface area contributed by atoms with Crippen LogP contribution in [0.15, 0.2) is 29.3 Å². The predicted octanol–water partition coefficient (Wildman–Crippen LogP) is 5.09. The minimum atomic E-state index is -4.73. The molecule has 0 unspecified atom stereocenters. The van der Waals surface area contributed by atoms with Crippen LogP contribution >= 0.6 is 23.2 Å². The minimum Gasteiger partial charge on any atom is -0.345 e. The van der Waals surface area contributed by atoms with Crippen molar-refractivity contribution in [2.75, 3.05) is 11.1 Å². The van der Waals surface area contributed by atoms with Crippen LogP contribution in [0.5, 0.6) is 0 Å². The Kier molecular flexibility index (Phi) is 6.33. The molecule has 0 fully saturated rings. The maximum atomic E-state index is 13.5. The zero-order valence-corrected chi connectivity index (χ0v) is 17.7. The molecule has 0 radical (unpaired) electrons. The lowest BCUT2D eigenvalue weighted by molar-refractivity contribution is -0.203. The normalized spacial score (nSPS) is 12.9. The van der Waals surface area contributed by atoms with Crippen LogP contribution < -0.4 is 5.32 Å². The van der Waals surface area contributed by atoms with Gasteiger partial charge in [0.2, 0.25) is 0 Å². The Morgan fingerprint density at radius 1 is 1.14 bits per heavy atom. The first kappa shape index (κ1) is 23.5. The highest BCUT2D eigenvalue weighted by Crippen LogP contribution is 2.39. The van der Waals surface area contributed by atoms with Gasteiger partial charge < -0.3 is 9.88 Å². The van der Waals surface area contributed by atoms with Crippen LogP contribution in [-0.2, 0) is 16.9 Å². The molecule has 0 atom stereocenters. The molecule has 1 amide bonds. The van der Waals surface area contributed by atoms with Gasteiger partial charge in [0.25, 0.3) is 5.91 Å². The van der Waals surface area contributed by atoms with Gasteiger partial charge in [0.15, 0.2) is 15.7 Å². The standard InChI is InChI=1S/C17H16Cl2F4N2O3S/c1-16(2,17(21,22)23)8-29(27,28)10-6-13(25(3)7-10)15(26)24-9-4-11(18)14(20)12(19)5-9/h4-7H,8H2,1-3H3,(H,24,26). The van der Waals surface area contributed by atoms with Crippen molar-refractivity contribution in [1.82, 2.24) is 4.57 Å². The summed E-state index contributed by atoms with van der Waals surface area (Å²) in [6.07, 6.45) is -3.68. The van der Waals surface area contributed by atoms with Gasteiger partial charge in [-0.05, 0) is 18.2 Å². The van der Waals surface area contributed by atoms with Crippen molar-refractivity contribution >= 4 is 44.6 Å². The molecule has 0 aliphatic heterocycles. The van der Waals surface area contributed by atoms with E-state index in [2.05, 4.69) is 5.32 Å². The lowest BCUT2D eigenvalue weighted by atomic mass is 9.96. The zero-order valence-electron chi connectivity index (χ0n) is 15.4. The topological polar surface area (TPSA) is 68.2 Å². The average molecular weight is 475 g/mol. The maximum Gasteiger partial charge on any atom is 0.394 e. The first-order chi connectivity index (χ1) is 13.0. The fourth-order valence-corrected chi connectivity index (χ4v) is 4.77. The first-order valence-corrected chi connectivity index (χ1v) is 10.4. The highest BCUT2D eigenvalue weighted by atomic mass is 35.5. The molecule has 0 saturated carbocycles. The van der Waals surface area contributed by atoms with Gasteiger partial charge in [-0.3, -0.25) is 4.79 Å². The van der Waals surface area contributed by atoms with Crippen LogP contribution in [0.1, 0.15) is 24.3 Å². The second kappa shape index (κ2) is 7.81. The lowest BCUT2D eigenvalue weighted by Crippen LogP contribution is -2.38. The van der Waals surface area contributed by atoms with Crippen LogP contribution in [0.4, 0.5) is 23.2 Å². The Morgan fingerprint density at radius 2 is 1.66 bits per heavy atom. The highest BCUT2D eigenvalue weighted by Gasteiger charge is 2.50. The molecule has 0 aliphatic rings. The second-order valence-corrected chi connectivity index (χ2v) is 9.82. The minimum absolute atomic E-state index is 0.0511. The van der Waals surface area contributed by atoms with Crippen LogP contribution in [0.25, 0.3) is 0 Å². The Labute approximate surface area is 174 Å². The summed E-state index contributed by atoms with van der Waals surface area (Å²) in [5.74, 6) is -2.84. The number of aromatic nitrogens is 1. The zero-order chi connectivity index (χ0) is 22.4. The van der Waals surface area contributed by atoms with E-state index in [-0.39, 0.29) is 21.4 Å². The fourth-order valence-electron chi connectivity index (χ4n) is 2.39. The molecule has 160 valence electrons. The maximum absolute atomic E-state index is 13.5. The molecule has 1 aromatic carbocycles. The number of amides is 1. The van der Waals surface area contributed by atoms with Crippen molar-refractivity contribution in [2.45, 2.75) is 24.9 Å². The van der Waals surface area contributed by atoms with E-state index in [9.17, 15) is 30.8 Å². The van der Waals surface area contributed by atoms with E-state index >= 15 is 0 Å². The third kappa shape index (κ3) is 5.04. The van der Waals surface area contributed by atoms with E-state index in [1.807, 2.05) is 0 Å². The molecule has 1 aromatic heterocycles. The summed E-state index contributed by atoms with van der Waals surface area (Å²) in [6, 6.07) is 3.17. The van der Waals surface area contributed by atoms with Crippen LogP contribution in [0.2, 0.25) is 10.0 Å². The van der Waals surface area contributed by atoms with Gasteiger partial charge >= 0.3 is 6.18 Å². The molecular formula is C17H16Cl2F4N2O3S. The van der Waals surface area contributed by atoms with Crippen LogP contribution in [0, 0.1) is 11.2 Å². The molecule has 2 rings (SSSR count). The van der Waals surface area contributed by atoms with Crippen molar-refractivity contribution in [1.29, 1.82) is 0 Å². The van der Waals surface area contributed by atoms with Gasteiger partial charge in [0.1, 0.15) is 5.69 Å². The largest absolute Gasteiger partial charge is 0.394 e. The number of anilines is 1. The Balaban J connectivity index is 2.31. The molecule has 0 spiro atoms. The van der Waals surface area contributed by atoms with E-state index in [1.54, 1.807) is 0 Å². The number of carbonyl (C=O) groups excluding carboxylic acids is 1. The van der Waals surface area contributed by atoms with E-state index in [0.717, 1.165) is 42.8 Å². The number of hydrogen-bond acceptors (Lipinski definition) is 3. The van der Waals surface area contributed by atoms with E-state index in [4.69, 9.17) is 23.2 Å². The van der Waals surface area contributed by atoms with E-state index < -0.39 is 43.8 Å². The molecule has 0 saturated heterocycles. The predicted molar refractivity (Wildman–Crippen MR) is 102 cm³/mol. The molecule has 1 heterocycles. The van der Waals surface area contributed by atoms with Gasteiger partial charge in [0.05, 0.1) is 26.1 Å². The van der Waals surface area contributed by atoms with Gasteiger partial charge in [-0.1, -0.05) is 37.0 Å². The van der Waals surface area contributed by atoms with Crippen molar-refractivity contribution in [3.05, 3.63) is 46.0 Å².